The number of amides is 1. The minimum absolute atomic E-state index is 0.00255. The van der Waals surface area contributed by atoms with Crippen LogP contribution in [0, 0.1) is 12.8 Å². The minimum atomic E-state index is -1.44. The Kier molecular flexibility index (Phi) is 12.1. The van der Waals surface area contributed by atoms with Crippen molar-refractivity contribution in [1.29, 1.82) is 0 Å². The van der Waals surface area contributed by atoms with E-state index in [1.807, 2.05) is 63.2 Å². The topological polar surface area (TPSA) is 209 Å². The van der Waals surface area contributed by atoms with E-state index >= 15 is 0 Å². The number of likely N-dealkylation sites (tertiary alicyclic amines) is 1. The number of rotatable bonds is 11. The maximum absolute atomic E-state index is 13.5. The number of aryl methyl sites for hydroxylation is 2. The molecule has 66 heavy (non-hydrogen) atoms. The number of aromatic nitrogens is 5. The minimum Gasteiger partial charge on any atom is -0.508 e. The van der Waals surface area contributed by atoms with Crippen molar-refractivity contribution >= 4 is 23.2 Å². The summed E-state index contributed by atoms with van der Waals surface area (Å²) in [6.07, 6.45) is 0.653. The molecule has 3 aliphatic rings. The number of phenols is 2. The SMILES string of the molecule is CCc1c2c(nc3ccc(OC(=O)N4CCC(CN5CCN(Cc6ccc(-n7c(O)nnc7-c7cc(C(C)C)c(O)cc7O)cc6)CC5)CC4)cc13)-c1cc(C)c(COC(=O)O)c(=O)n1C2. The Morgan fingerprint density at radius 2 is 1.59 bits per heavy atom. The molecule has 0 atom stereocenters. The van der Waals surface area contributed by atoms with Gasteiger partial charge in [0, 0.05) is 69.4 Å². The maximum atomic E-state index is 13.5. The predicted octanol–water partition coefficient (Wildman–Crippen LogP) is 7.01. The second-order valence-corrected chi connectivity index (χ2v) is 17.9. The zero-order valence-electron chi connectivity index (χ0n) is 37.5. The summed E-state index contributed by atoms with van der Waals surface area (Å²) in [6, 6.07) is 17.9. The smallest absolute Gasteiger partial charge is 0.506 e. The van der Waals surface area contributed by atoms with E-state index in [1.54, 1.807) is 28.5 Å². The molecule has 6 aromatic rings. The summed E-state index contributed by atoms with van der Waals surface area (Å²) in [6.45, 7) is 14.5. The standard InChI is InChI=1S/C49H54N8O9/c1-5-34-36-21-33(10-11-40(36)50-44-38(34)26-56-41(44)20-29(4)39(46(56)60)27-65-49(63)64)66-48(62)55-14-12-31(13-15-55)25-54-18-16-53(17-19-54)24-30-6-8-32(9-7-30)57-45(51-52-47(57)61)37-22-35(28(2)3)42(58)23-43(37)59/h6-11,20-23,28,31,58-59H,5,12-19,24-27H2,1-4H3,(H,52,61)(H,63,64). The lowest BCUT2D eigenvalue weighted by atomic mass is 9.96. The largest absolute Gasteiger partial charge is 0.508 e. The van der Waals surface area contributed by atoms with Gasteiger partial charge in [0.05, 0.1) is 40.3 Å². The number of nitrogens with zero attached hydrogens (tertiary/aromatic N) is 8. The molecule has 17 heteroatoms. The summed E-state index contributed by atoms with van der Waals surface area (Å²) in [4.78, 5) is 49.6. The second-order valence-electron chi connectivity index (χ2n) is 17.9. The van der Waals surface area contributed by atoms with Gasteiger partial charge in [0.1, 0.15) is 23.9 Å². The molecular formula is C49H54N8O9. The third-order valence-electron chi connectivity index (χ3n) is 13.4. The molecule has 0 spiro atoms. The molecule has 6 heterocycles. The number of piperazine rings is 1. The summed E-state index contributed by atoms with van der Waals surface area (Å²) in [5.74, 6) is 1.03. The highest BCUT2D eigenvalue weighted by atomic mass is 16.7. The number of carbonyl (C=O) groups excluding carboxylic acids is 1. The van der Waals surface area contributed by atoms with Gasteiger partial charge in [-0.25, -0.2) is 19.1 Å². The first-order chi connectivity index (χ1) is 31.8. The number of carbonyl (C=O) groups is 2. The highest BCUT2D eigenvalue weighted by Crippen LogP contribution is 2.40. The fraction of sp³-hybridized carbons (Fsp3) is 0.388. The molecule has 0 radical (unpaired) electrons. The van der Waals surface area contributed by atoms with Crippen molar-refractivity contribution in [3.8, 4) is 51.7 Å². The average molecular weight is 899 g/mol. The first-order valence-electron chi connectivity index (χ1n) is 22.5. The normalized spacial score (nSPS) is 15.6. The number of pyridine rings is 2. The molecule has 0 saturated carbocycles. The lowest BCUT2D eigenvalue weighted by molar-refractivity contribution is 0.0847. The quantitative estimate of drug-likeness (QED) is 0.0964. The van der Waals surface area contributed by atoms with Crippen LogP contribution >= 0.6 is 0 Å². The molecule has 0 bridgehead atoms. The van der Waals surface area contributed by atoms with Crippen LogP contribution in [0.15, 0.2) is 65.5 Å². The van der Waals surface area contributed by atoms with Crippen LogP contribution in [0.25, 0.3) is 39.4 Å². The van der Waals surface area contributed by atoms with Crippen LogP contribution in [0.3, 0.4) is 0 Å². The third kappa shape index (κ3) is 8.63. The number of fused-ring (bicyclic) bond motifs is 4. The van der Waals surface area contributed by atoms with Gasteiger partial charge < -0.3 is 44.3 Å². The van der Waals surface area contributed by atoms with E-state index < -0.39 is 6.16 Å². The molecule has 0 unspecified atom stereocenters. The predicted molar refractivity (Wildman–Crippen MR) is 245 cm³/mol. The third-order valence-corrected chi connectivity index (χ3v) is 13.4. The fourth-order valence-corrected chi connectivity index (χ4v) is 9.72. The van der Waals surface area contributed by atoms with E-state index in [4.69, 9.17) is 19.6 Å². The van der Waals surface area contributed by atoms with Crippen molar-refractivity contribution in [2.45, 2.75) is 72.6 Å². The zero-order valence-corrected chi connectivity index (χ0v) is 37.5. The fourth-order valence-electron chi connectivity index (χ4n) is 9.72. The van der Waals surface area contributed by atoms with Gasteiger partial charge in [0.25, 0.3) is 5.56 Å². The van der Waals surface area contributed by atoms with Crippen LogP contribution in [0.1, 0.15) is 72.9 Å². The van der Waals surface area contributed by atoms with Crippen molar-refractivity contribution in [2.75, 3.05) is 45.8 Å². The number of benzene rings is 3. The molecule has 3 aliphatic heterocycles. The molecule has 2 fully saturated rings. The van der Waals surface area contributed by atoms with Gasteiger partial charge in [0.2, 0.25) is 0 Å². The molecule has 1 amide bonds. The second kappa shape index (κ2) is 18.1. The van der Waals surface area contributed by atoms with Crippen LogP contribution in [-0.4, -0.2) is 118 Å². The Morgan fingerprint density at radius 3 is 2.29 bits per heavy atom. The van der Waals surface area contributed by atoms with Gasteiger partial charge >= 0.3 is 18.3 Å². The number of ether oxygens (including phenoxy) is 2. The Bertz CT molecular complexity index is 2890. The molecule has 3 aromatic carbocycles. The number of piperidine rings is 1. The summed E-state index contributed by atoms with van der Waals surface area (Å²) < 4.78 is 13.8. The molecule has 4 N–H and O–H groups in total. The first-order valence-corrected chi connectivity index (χ1v) is 22.5. The Morgan fingerprint density at radius 1 is 0.864 bits per heavy atom. The van der Waals surface area contributed by atoms with Crippen LogP contribution < -0.4 is 10.3 Å². The average Bonchev–Trinajstić information content (AvgIpc) is 3.86. The van der Waals surface area contributed by atoms with Crippen molar-refractivity contribution < 1.29 is 39.5 Å². The summed E-state index contributed by atoms with van der Waals surface area (Å²) in [5.41, 5.74) is 7.51. The summed E-state index contributed by atoms with van der Waals surface area (Å²) >= 11 is 0. The van der Waals surface area contributed by atoms with E-state index in [-0.39, 0.29) is 47.5 Å². The number of carboxylic acid groups (broad SMARTS) is 1. The Hall–Kier alpha value is -6.98. The zero-order chi connectivity index (χ0) is 46.4. The van der Waals surface area contributed by atoms with Gasteiger partial charge in [-0.3, -0.25) is 9.69 Å². The molecule has 0 aliphatic carbocycles. The molecule has 2 saturated heterocycles. The first kappa shape index (κ1) is 44.2. The van der Waals surface area contributed by atoms with E-state index in [2.05, 4.69) is 20.0 Å². The van der Waals surface area contributed by atoms with E-state index in [9.17, 15) is 29.7 Å². The van der Waals surface area contributed by atoms with E-state index in [0.29, 0.717) is 71.4 Å². The van der Waals surface area contributed by atoms with Crippen LogP contribution in [0.4, 0.5) is 9.59 Å². The summed E-state index contributed by atoms with van der Waals surface area (Å²) in [5, 5.41) is 49.6. The van der Waals surface area contributed by atoms with Crippen LogP contribution in [0.2, 0.25) is 0 Å². The van der Waals surface area contributed by atoms with Gasteiger partial charge in [-0.1, -0.05) is 38.0 Å². The van der Waals surface area contributed by atoms with Gasteiger partial charge in [-0.15, -0.1) is 5.10 Å². The van der Waals surface area contributed by atoms with Crippen LogP contribution in [-0.2, 0) is 30.9 Å². The van der Waals surface area contributed by atoms with Crippen molar-refractivity contribution in [3.63, 3.8) is 0 Å². The number of aromatic hydroxyl groups is 3. The van der Waals surface area contributed by atoms with Gasteiger partial charge in [-0.05, 0) is 103 Å². The van der Waals surface area contributed by atoms with E-state index in [0.717, 1.165) is 85.4 Å². The van der Waals surface area contributed by atoms with Crippen LogP contribution in [0.5, 0.6) is 23.3 Å². The van der Waals surface area contributed by atoms with E-state index in [1.165, 1.54) is 10.6 Å². The molecule has 17 nitrogen and oxygen atoms in total. The van der Waals surface area contributed by atoms with Gasteiger partial charge in [0.15, 0.2) is 5.82 Å². The summed E-state index contributed by atoms with van der Waals surface area (Å²) in [7, 11) is 0. The Labute approximate surface area is 381 Å². The number of hydrogen-bond donors (Lipinski definition) is 4. The number of hydrogen-bond acceptors (Lipinski definition) is 13. The van der Waals surface area contributed by atoms with Crippen molar-refractivity contribution in [2.24, 2.45) is 5.92 Å². The highest BCUT2D eigenvalue weighted by Gasteiger charge is 2.30. The van der Waals surface area contributed by atoms with Crippen molar-refractivity contribution in [1.82, 2.24) is 39.0 Å². The van der Waals surface area contributed by atoms with Crippen molar-refractivity contribution in [3.05, 3.63) is 104 Å². The lowest BCUT2D eigenvalue weighted by Crippen LogP contribution is -2.49. The highest BCUT2D eigenvalue weighted by molar-refractivity contribution is 5.89. The molecular weight excluding hydrogens is 845 g/mol. The lowest BCUT2D eigenvalue weighted by Gasteiger charge is -2.38. The van der Waals surface area contributed by atoms with Gasteiger partial charge in [-0.2, -0.15) is 0 Å². The maximum Gasteiger partial charge on any atom is 0.506 e. The molecule has 9 rings (SSSR count). The molecule has 344 valence electrons. The Balaban J connectivity index is 0.761. The molecule has 3 aromatic heterocycles. The number of phenolic OH excluding ortho intramolecular Hbond substituents is 2. The monoisotopic (exact) mass is 898 g/mol.